The molecule has 23 heavy (non-hydrogen) atoms. The SMILES string of the molecule is CN(C)C(=O)c1ccc2c(c1)C(c1ncn[nH]1)CN2S(C)(=O)=O. The van der Waals surface area contributed by atoms with Gasteiger partial charge in [0.25, 0.3) is 5.91 Å². The van der Waals surface area contributed by atoms with Crippen molar-refractivity contribution in [1.29, 1.82) is 0 Å². The highest BCUT2D eigenvalue weighted by Gasteiger charge is 2.36. The molecule has 1 aliphatic rings. The lowest BCUT2D eigenvalue weighted by Gasteiger charge is -2.17. The molecule has 0 saturated heterocycles. The quantitative estimate of drug-likeness (QED) is 0.876. The number of nitrogens with one attached hydrogen (secondary N) is 1. The molecule has 0 saturated carbocycles. The van der Waals surface area contributed by atoms with Gasteiger partial charge in [-0.05, 0) is 23.8 Å². The first-order valence-corrected chi connectivity index (χ1v) is 8.82. The molecule has 122 valence electrons. The number of anilines is 1. The van der Waals surface area contributed by atoms with Gasteiger partial charge in [0.1, 0.15) is 12.2 Å². The molecule has 1 unspecified atom stereocenters. The monoisotopic (exact) mass is 335 g/mol. The number of aromatic amines is 1. The number of benzene rings is 1. The predicted octanol–water partition coefficient (Wildman–Crippen LogP) is 0.418. The van der Waals surface area contributed by atoms with Gasteiger partial charge in [0.05, 0.1) is 17.9 Å². The van der Waals surface area contributed by atoms with Gasteiger partial charge < -0.3 is 4.90 Å². The van der Waals surface area contributed by atoms with Gasteiger partial charge in [-0.2, -0.15) is 5.10 Å². The Labute approximate surface area is 134 Å². The van der Waals surface area contributed by atoms with Crippen molar-refractivity contribution in [3.05, 3.63) is 41.5 Å². The van der Waals surface area contributed by atoms with Crippen LogP contribution < -0.4 is 4.31 Å². The summed E-state index contributed by atoms with van der Waals surface area (Å²) in [7, 11) is -0.0676. The first-order chi connectivity index (χ1) is 10.8. The number of amides is 1. The van der Waals surface area contributed by atoms with E-state index in [-0.39, 0.29) is 18.4 Å². The summed E-state index contributed by atoms with van der Waals surface area (Å²) in [5.41, 5.74) is 1.83. The molecule has 1 aromatic carbocycles. The average molecular weight is 335 g/mol. The van der Waals surface area contributed by atoms with Gasteiger partial charge in [0, 0.05) is 26.2 Å². The molecule has 0 fully saturated rings. The number of carbonyl (C=O) groups excluding carboxylic acids is 1. The van der Waals surface area contributed by atoms with E-state index in [0.717, 1.165) is 5.56 Å². The average Bonchev–Trinajstić information content (AvgIpc) is 3.11. The molecule has 1 amide bonds. The molecule has 0 aliphatic carbocycles. The lowest BCUT2D eigenvalue weighted by atomic mass is 9.98. The minimum absolute atomic E-state index is 0.137. The molecule has 2 heterocycles. The summed E-state index contributed by atoms with van der Waals surface area (Å²) in [6.45, 7) is 0.239. The third-order valence-corrected chi connectivity index (χ3v) is 4.98. The van der Waals surface area contributed by atoms with Crippen molar-refractivity contribution in [3.63, 3.8) is 0 Å². The van der Waals surface area contributed by atoms with Gasteiger partial charge in [-0.1, -0.05) is 0 Å². The molecule has 9 heteroatoms. The second kappa shape index (κ2) is 5.34. The van der Waals surface area contributed by atoms with E-state index < -0.39 is 10.0 Å². The maximum atomic E-state index is 12.2. The summed E-state index contributed by atoms with van der Waals surface area (Å²) >= 11 is 0. The smallest absolute Gasteiger partial charge is 0.253 e. The van der Waals surface area contributed by atoms with E-state index in [4.69, 9.17) is 0 Å². The second-order valence-electron chi connectivity index (χ2n) is 5.69. The summed E-state index contributed by atoms with van der Waals surface area (Å²) in [5, 5.41) is 6.62. The van der Waals surface area contributed by atoms with Crippen molar-refractivity contribution in [1.82, 2.24) is 20.1 Å². The number of sulfonamides is 1. The van der Waals surface area contributed by atoms with E-state index in [0.29, 0.717) is 17.1 Å². The van der Waals surface area contributed by atoms with Crippen LogP contribution in [0.3, 0.4) is 0 Å². The van der Waals surface area contributed by atoms with Crippen LogP contribution in [0.25, 0.3) is 0 Å². The predicted molar refractivity (Wildman–Crippen MR) is 84.9 cm³/mol. The molecule has 0 spiro atoms. The zero-order valence-electron chi connectivity index (χ0n) is 13.0. The normalized spacial score (nSPS) is 17.2. The number of aromatic nitrogens is 3. The first-order valence-electron chi connectivity index (χ1n) is 6.97. The molecule has 0 bridgehead atoms. The van der Waals surface area contributed by atoms with Gasteiger partial charge in [-0.3, -0.25) is 14.2 Å². The number of hydrogen-bond acceptors (Lipinski definition) is 5. The van der Waals surface area contributed by atoms with E-state index in [1.807, 2.05) is 0 Å². The highest BCUT2D eigenvalue weighted by Crippen LogP contribution is 2.40. The van der Waals surface area contributed by atoms with E-state index in [1.165, 1.54) is 21.8 Å². The van der Waals surface area contributed by atoms with Crippen LogP contribution >= 0.6 is 0 Å². The Bertz CT molecular complexity index is 845. The topological polar surface area (TPSA) is 99.3 Å². The minimum Gasteiger partial charge on any atom is -0.345 e. The number of carbonyl (C=O) groups is 1. The van der Waals surface area contributed by atoms with Crippen LogP contribution in [0.1, 0.15) is 27.7 Å². The zero-order chi connectivity index (χ0) is 16.8. The Hall–Kier alpha value is -2.42. The standard InChI is InChI=1S/C14H17N5O3S/c1-18(2)14(20)9-4-5-12-10(6-9)11(13-15-8-16-17-13)7-19(12)23(3,21)22/h4-6,8,11H,7H2,1-3H3,(H,15,16,17). The van der Waals surface area contributed by atoms with Gasteiger partial charge >= 0.3 is 0 Å². The Balaban J connectivity index is 2.13. The van der Waals surface area contributed by atoms with Crippen molar-refractivity contribution in [2.45, 2.75) is 5.92 Å². The fraction of sp³-hybridized carbons (Fsp3) is 0.357. The summed E-state index contributed by atoms with van der Waals surface area (Å²) in [5.74, 6) is 0.158. The summed E-state index contributed by atoms with van der Waals surface area (Å²) < 4.78 is 25.4. The van der Waals surface area contributed by atoms with Crippen molar-refractivity contribution >= 4 is 21.6 Å². The van der Waals surface area contributed by atoms with Crippen molar-refractivity contribution < 1.29 is 13.2 Å². The van der Waals surface area contributed by atoms with Crippen molar-refractivity contribution in [3.8, 4) is 0 Å². The van der Waals surface area contributed by atoms with Crippen LogP contribution in [0.2, 0.25) is 0 Å². The number of hydrogen-bond donors (Lipinski definition) is 1. The Kier molecular flexibility index (Phi) is 3.59. The first kappa shape index (κ1) is 15.5. The molecule has 1 aliphatic heterocycles. The van der Waals surface area contributed by atoms with Crippen molar-refractivity contribution in [2.24, 2.45) is 0 Å². The Morgan fingerprint density at radius 3 is 2.70 bits per heavy atom. The van der Waals surface area contributed by atoms with Crippen LogP contribution in [0, 0.1) is 0 Å². The van der Waals surface area contributed by atoms with Crippen LogP contribution in [-0.2, 0) is 10.0 Å². The third-order valence-electron chi connectivity index (χ3n) is 3.84. The van der Waals surface area contributed by atoms with Crippen LogP contribution in [0.5, 0.6) is 0 Å². The van der Waals surface area contributed by atoms with E-state index in [1.54, 1.807) is 32.3 Å². The Morgan fingerprint density at radius 2 is 2.13 bits per heavy atom. The second-order valence-corrected chi connectivity index (χ2v) is 7.60. The van der Waals surface area contributed by atoms with Gasteiger partial charge in [0.2, 0.25) is 10.0 Å². The van der Waals surface area contributed by atoms with Crippen LogP contribution in [0.15, 0.2) is 24.5 Å². The number of nitrogens with zero attached hydrogens (tertiary/aromatic N) is 4. The summed E-state index contributed by atoms with van der Waals surface area (Å²) in [6, 6.07) is 5.04. The third kappa shape index (κ3) is 2.67. The summed E-state index contributed by atoms with van der Waals surface area (Å²) in [6.07, 6.45) is 2.55. The zero-order valence-corrected chi connectivity index (χ0v) is 13.8. The fourth-order valence-corrected chi connectivity index (χ4v) is 3.69. The molecule has 0 radical (unpaired) electrons. The summed E-state index contributed by atoms with van der Waals surface area (Å²) in [4.78, 5) is 17.8. The fourth-order valence-electron chi connectivity index (χ4n) is 2.75. The number of rotatable bonds is 3. The van der Waals surface area contributed by atoms with Gasteiger partial charge in [-0.25, -0.2) is 13.4 Å². The lowest BCUT2D eigenvalue weighted by molar-refractivity contribution is 0.0827. The maximum absolute atomic E-state index is 12.2. The molecule has 1 aromatic heterocycles. The molecule has 2 aromatic rings. The van der Waals surface area contributed by atoms with Crippen molar-refractivity contribution in [2.75, 3.05) is 31.2 Å². The lowest BCUT2D eigenvalue weighted by Crippen LogP contribution is -2.29. The maximum Gasteiger partial charge on any atom is 0.253 e. The number of H-pyrrole nitrogens is 1. The molecule has 8 nitrogen and oxygen atoms in total. The van der Waals surface area contributed by atoms with E-state index in [2.05, 4.69) is 15.2 Å². The van der Waals surface area contributed by atoms with Crippen LogP contribution in [0.4, 0.5) is 5.69 Å². The Morgan fingerprint density at radius 1 is 1.39 bits per heavy atom. The molecular formula is C14H17N5O3S. The van der Waals surface area contributed by atoms with E-state index >= 15 is 0 Å². The van der Waals surface area contributed by atoms with E-state index in [9.17, 15) is 13.2 Å². The minimum atomic E-state index is -3.41. The molecule has 1 N–H and O–H groups in total. The molecule has 1 atom stereocenters. The molecule has 3 rings (SSSR count). The largest absolute Gasteiger partial charge is 0.345 e. The van der Waals surface area contributed by atoms with Gasteiger partial charge in [0.15, 0.2) is 0 Å². The van der Waals surface area contributed by atoms with Crippen LogP contribution in [-0.4, -0.2) is 61.3 Å². The van der Waals surface area contributed by atoms with Gasteiger partial charge in [-0.15, -0.1) is 0 Å². The number of fused-ring (bicyclic) bond motifs is 1. The highest BCUT2D eigenvalue weighted by molar-refractivity contribution is 7.92. The molecular weight excluding hydrogens is 318 g/mol. The highest BCUT2D eigenvalue weighted by atomic mass is 32.2.